The summed E-state index contributed by atoms with van der Waals surface area (Å²) in [6.07, 6.45) is 0. The Labute approximate surface area is 119 Å². The third-order valence-corrected chi connectivity index (χ3v) is 3.85. The summed E-state index contributed by atoms with van der Waals surface area (Å²) in [4.78, 5) is 12.2. The van der Waals surface area contributed by atoms with Crippen molar-refractivity contribution in [2.45, 2.75) is 23.8 Å². The van der Waals surface area contributed by atoms with Gasteiger partial charge in [-0.15, -0.1) is 5.10 Å². The molecule has 19 heavy (non-hydrogen) atoms. The maximum Gasteiger partial charge on any atom is 0.338 e. The number of aromatic carboxylic acids is 1. The average Bonchev–Trinajstić information content (AvgIpc) is 2.33. The Morgan fingerprint density at radius 1 is 1.32 bits per heavy atom. The normalized spacial score (nSPS) is 10.5. The van der Waals surface area contributed by atoms with Crippen LogP contribution < -0.4 is 0 Å². The van der Waals surface area contributed by atoms with Gasteiger partial charge in [-0.3, -0.25) is 0 Å². The van der Waals surface area contributed by atoms with Crippen LogP contribution in [0.25, 0.3) is 0 Å². The Kier molecular flexibility index (Phi) is 4.07. The molecule has 0 aliphatic carbocycles. The van der Waals surface area contributed by atoms with Crippen molar-refractivity contribution in [1.82, 2.24) is 10.2 Å². The van der Waals surface area contributed by atoms with E-state index in [0.29, 0.717) is 21.3 Å². The van der Waals surface area contributed by atoms with E-state index in [1.165, 1.54) is 11.8 Å². The zero-order valence-electron chi connectivity index (χ0n) is 10.3. The van der Waals surface area contributed by atoms with E-state index in [4.69, 9.17) is 11.6 Å². The van der Waals surface area contributed by atoms with Crippen molar-refractivity contribution in [2.75, 3.05) is 0 Å². The maximum absolute atomic E-state index is 11.3. The molecule has 0 spiro atoms. The van der Waals surface area contributed by atoms with Crippen molar-refractivity contribution in [3.05, 3.63) is 46.1 Å². The Bertz CT molecular complexity index is 647. The van der Waals surface area contributed by atoms with Gasteiger partial charge < -0.3 is 5.11 Å². The number of benzene rings is 1. The van der Waals surface area contributed by atoms with Crippen LogP contribution in [-0.4, -0.2) is 21.3 Å². The average molecular weight is 295 g/mol. The standard InChI is InChI=1S/C13H11ClN2O2S/c1-7-8(2)15-16-12(11(7)13(17)18)19-10-5-3-4-9(14)6-10/h3-6H,1-2H3,(H,17,18). The minimum atomic E-state index is -1.000. The second-order valence-electron chi connectivity index (χ2n) is 3.96. The summed E-state index contributed by atoms with van der Waals surface area (Å²) in [7, 11) is 0. The van der Waals surface area contributed by atoms with Gasteiger partial charge in [-0.05, 0) is 37.6 Å². The van der Waals surface area contributed by atoms with E-state index in [-0.39, 0.29) is 5.56 Å². The minimum Gasteiger partial charge on any atom is -0.478 e. The lowest BCUT2D eigenvalue weighted by atomic mass is 10.1. The van der Waals surface area contributed by atoms with Crippen LogP contribution in [0, 0.1) is 13.8 Å². The molecule has 1 N–H and O–H groups in total. The zero-order chi connectivity index (χ0) is 14.0. The molecule has 0 atom stereocenters. The van der Waals surface area contributed by atoms with Crippen molar-refractivity contribution in [2.24, 2.45) is 0 Å². The number of hydrogen-bond acceptors (Lipinski definition) is 4. The summed E-state index contributed by atoms with van der Waals surface area (Å²) >= 11 is 7.14. The zero-order valence-corrected chi connectivity index (χ0v) is 11.9. The molecular formula is C13H11ClN2O2S. The van der Waals surface area contributed by atoms with Gasteiger partial charge in [-0.2, -0.15) is 5.10 Å². The fraction of sp³-hybridized carbons (Fsp3) is 0.154. The molecule has 6 heteroatoms. The summed E-state index contributed by atoms with van der Waals surface area (Å²) in [6.45, 7) is 3.47. The molecule has 0 unspecified atom stereocenters. The summed E-state index contributed by atoms with van der Waals surface area (Å²) in [5.74, 6) is -1.000. The first-order chi connectivity index (χ1) is 8.99. The van der Waals surface area contributed by atoms with Gasteiger partial charge in [0.05, 0.1) is 11.3 Å². The first-order valence-corrected chi connectivity index (χ1v) is 6.69. The van der Waals surface area contributed by atoms with Gasteiger partial charge in [0.1, 0.15) is 5.03 Å². The van der Waals surface area contributed by atoms with E-state index in [1.807, 2.05) is 6.07 Å². The highest BCUT2D eigenvalue weighted by Crippen LogP contribution is 2.31. The first kappa shape index (κ1) is 13.8. The van der Waals surface area contributed by atoms with Crippen molar-refractivity contribution in [3.63, 3.8) is 0 Å². The highest BCUT2D eigenvalue weighted by molar-refractivity contribution is 7.99. The molecule has 2 rings (SSSR count). The summed E-state index contributed by atoms with van der Waals surface area (Å²) in [5.41, 5.74) is 1.44. The van der Waals surface area contributed by atoms with Gasteiger partial charge in [0.2, 0.25) is 0 Å². The van der Waals surface area contributed by atoms with Crippen LogP contribution in [0.4, 0.5) is 0 Å². The fourth-order valence-electron chi connectivity index (χ4n) is 1.55. The lowest BCUT2D eigenvalue weighted by Crippen LogP contribution is -2.07. The summed E-state index contributed by atoms with van der Waals surface area (Å²) in [6, 6.07) is 7.17. The van der Waals surface area contributed by atoms with Gasteiger partial charge in [-0.25, -0.2) is 4.79 Å². The van der Waals surface area contributed by atoms with Crippen LogP contribution in [-0.2, 0) is 0 Å². The van der Waals surface area contributed by atoms with Gasteiger partial charge in [0.15, 0.2) is 0 Å². The number of rotatable bonds is 3. The van der Waals surface area contributed by atoms with E-state index < -0.39 is 5.97 Å². The van der Waals surface area contributed by atoms with Crippen molar-refractivity contribution < 1.29 is 9.90 Å². The van der Waals surface area contributed by atoms with Crippen LogP contribution in [0.1, 0.15) is 21.6 Å². The lowest BCUT2D eigenvalue weighted by Gasteiger charge is -2.08. The quantitative estimate of drug-likeness (QED) is 0.937. The molecule has 0 amide bonds. The predicted molar refractivity (Wildman–Crippen MR) is 74.0 cm³/mol. The Morgan fingerprint density at radius 3 is 2.68 bits per heavy atom. The molecule has 0 radical (unpaired) electrons. The van der Waals surface area contributed by atoms with Crippen LogP contribution in [0.5, 0.6) is 0 Å². The van der Waals surface area contributed by atoms with E-state index in [0.717, 1.165) is 4.90 Å². The molecule has 0 saturated heterocycles. The Morgan fingerprint density at radius 2 is 2.05 bits per heavy atom. The molecule has 98 valence electrons. The third kappa shape index (κ3) is 3.05. The van der Waals surface area contributed by atoms with Crippen LogP contribution in [0.15, 0.2) is 34.2 Å². The molecule has 0 fully saturated rings. The van der Waals surface area contributed by atoms with Crippen molar-refractivity contribution in [3.8, 4) is 0 Å². The van der Waals surface area contributed by atoms with Crippen molar-refractivity contribution in [1.29, 1.82) is 0 Å². The smallest absolute Gasteiger partial charge is 0.338 e. The van der Waals surface area contributed by atoms with E-state index in [2.05, 4.69) is 10.2 Å². The fourth-order valence-corrected chi connectivity index (χ4v) is 2.79. The molecule has 0 saturated carbocycles. The van der Waals surface area contributed by atoms with Crippen LogP contribution >= 0.6 is 23.4 Å². The van der Waals surface area contributed by atoms with E-state index in [1.54, 1.807) is 32.0 Å². The molecule has 2 aromatic rings. The number of halogens is 1. The molecule has 1 heterocycles. The number of nitrogens with zero attached hydrogens (tertiary/aromatic N) is 2. The highest BCUT2D eigenvalue weighted by Gasteiger charge is 2.18. The topological polar surface area (TPSA) is 63.1 Å². The molecule has 0 bridgehead atoms. The first-order valence-electron chi connectivity index (χ1n) is 5.49. The lowest BCUT2D eigenvalue weighted by molar-refractivity contribution is 0.0690. The highest BCUT2D eigenvalue weighted by atomic mass is 35.5. The van der Waals surface area contributed by atoms with Gasteiger partial charge >= 0.3 is 5.97 Å². The molecule has 0 aliphatic heterocycles. The SMILES string of the molecule is Cc1nnc(Sc2cccc(Cl)c2)c(C(=O)O)c1C. The Hall–Kier alpha value is -1.59. The Balaban J connectivity index is 2.46. The van der Waals surface area contributed by atoms with Crippen molar-refractivity contribution >= 4 is 29.3 Å². The minimum absolute atomic E-state index is 0.192. The molecule has 4 nitrogen and oxygen atoms in total. The molecular weight excluding hydrogens is 284 g/mol. The molecule has 1 aromatic heterocycles. The van der Waals surface area contributed by atoms with E-state index >= 15 is 0 Å². The maximum atomic E-state index is 11.3. The number of aromatic nitrogens is 2. The second-order valence-corrected chi connectivity index (χ2v) is 5.45. The molecule has 0 aliphatic rings. The number of carbonyl (C=O) groups is 1. The number of hydrogen-bond donors (Lipinski definition) is 1. The van der Waals surface area contributed by atoms with Crippen LogP contribution in [0.3, 0.4) is 0 Å². The van der Waals surface area contributed by atoms with Crippen LogP contribution in [0.2, 0.25) is 5.02 Å². The summed E-state index contributed by atoms with van der Waals surface area (Å²) in [5, 5.41) is 18.2. The van der Waals surface area contributed by atoms with Gasteiger partial charge in [0.25, 0.3) is 0 Å². The third-order valence-electron chi connectivity index (χ3n) is 2.65. The van der Waals surface area contributed by atoms with E-state index in [9.17, 15) is 9.90 Å². The number of carboxylic acid groups (broad SMARTS) is 1. The predicted octanol–water partition coefficient (Wildman–Crippen LogP) is 3.60. The summed E-state index contributed by atoms with van der Waals surface area (Å²) < 4.78 is 0. The number of aryl methyl sites for hydroxylation is 1. The monoisotopic (exact) mass is 294 g/mol. The van der Waals surface area contributed by atoms with Gasteiger partial charge in [0, 0.05) is 9.92 Å². The van der Waals surface area contributed by atoms with Gasteiger partial charge in [-0.1, -0.05) is 29.4 Å². The molecule has 1 aromatic carbocycles. The number of carboxylic acids is 1. The second kappa shape index (κ2) is 5.59. The largest absolute Gasteiger partial charge is 0.478 e.